The Labute approximate surface area is 117 Å². The van der Waals surface area contributed by atoms with Crippen LogP contribution in [0.25, 0.3) is 0 Å². The predicted molar refractivity (Wildman–Crippen MR) is 73.0 cm³/mol. The Kier molecular flexibility index (Phi) is 3.44. The van der Waals surface area contributed by atoms with E-state index < -0.39 is 5.97 Å². The van der Waals surface area contributed by atoms with Crippen LogP contribution in [0, 0.1) is 0 Å². The van der Waals surface area contributed by atoms with E-state index in [1.165, 1.54) is 0 Å². The van der Waals surface area contributed by atoms with Crippen molar-refractivity contribution >= 4 is 17.6 Å². The number of ether oxygens (including phenoxy) is 1. The molecule has 0 aliphatic carbocycles. The number of hydrogen-bond donors (Lipinski definition) is 1. The number of amides is 1. The zero-order chi connectivity index (χ0) is 14.1. The van der Waals surface area contributed by atoms with Gasteiger partial charge in [-0.15, -0.1) is 0 Å². The second-order valence-corrected chi connectivity index (χ2v) is 5.29. The first-order valence-electron chi connectivity index (χ1n) is 6.93. The van der Waals surface area contributed by atoms with Crippen molar-refractivity contribution in [1.82, 2.24) is 0 Å². The van der Waals surface area contributed by atoms with E-state index in [0.717, 1.165) is 37.1 Å². The second kappa shape index (κ2) is 5.25. The number of fused-ring (bicyclic) bond motifs is 1. The monoisotopic (exact) mass is 275 g/mol. The minimum atomic E-state index is -0.966. The van der Waals surface area contributed by atoms with Crippen LogP contribution in [-0.2, 0) is 16.0 Å². The molecule has 3 rings (SSSR count). The molecule has 0 spiro atoms. The summed E-state index contributed by atoms with van der Waals surface area (Å²) in [5, 5.41) is 9.05. The molecule has 5 heteroatoms. The topological polar surface area (TPSA) is 66.8 Å². The standard InChI is InChI=1S/C15H17NO4/c17-14-9-10-3-4-11(15(18)19)8-13(10)16(14)6-5-12-2-1-7-20-12/h3-4,8,12H,1-2,5-7,9H2,(H,18,19). The average molecular weight is 275 g/mol. The van der Waals surface area contributed by atoms with Crippen molar-refractivity contribution in [2.75, 3.05) is 18.1 Å². The van der Waals surface area contributed by atoms with E-state index in [1.54, 1.807) is 23.1 Å². The molecule has 1 fully saturated rings. The summed E-state index contributed by atoms with van der Waals surface area (Å²) >= 11 is 0. The number of anilines is 1. The molecule has 0 bridgehead atoms. The number of carboxylic acids is 1. The highest BCUT2D eigenvalue weighted by atomic mass is 16.5. The molecule has 106 valence electrons. The van der Waals surface area contributed by atoms with Crippen LogP contribution in [0.1, 0.15) is 35.2 Å². The van der Waals surface area contributed by atoms with Crippen LogP contribution >= 0.6 is 0 Å². The van der Waals surface area contributed by atoms with Gasteiger partial charge in [0.1, 0.15) is 0 Å². The zero-order valence-corrected chi connectivity index (χ0v) is 11.2. The van der Waals surface area contributed by atoms with Crippen molar-refractivity contribution in [3.63, 3.8) is 0 Å². The predicted octanol–water partition coefficient (Wildman–Crippen LogP) is 1.84. The van der Waals surface area contributed by atoms with Gasteiger partial charge in [-0.05, 0) is 37.0 Å². The third kappa shape index (κ3) is 2.41. The largest absolute Gasteiger partial charge is 0.478 e. The van der Waals surface area contributed by atoms with Gasteiger partial charge in [-0.2, -0.15) is 0 Å². The van der Waals surface area contributed by atoms with Crippen LogP contribution in [0.3, 0.4) is 0 Å². The zero-order valence-electron chi connectivity index (χ0n) is 11.2. The Morgan fingerprint density at radius 1 is 1.45 bits per heavy atom. The third-order valence-electron chi connectivity index (χ3n) is 3.96. The summed E-state index contributed by atoms with van der Waals surface area (Å²) in [6.45, 7) is 1.40. The van der Waals surface area contributed by atoms with Crippen molar-refractivity contribution in [3.8, 4) is 0 Å². The van der Waals surface area contributed by atoms with Gasteiger partial charge in [0.05, 0.1) is 18.1 Å². The molecule has 1 aromatic carbocycles. The number of nitrogens with zero attached hydrogens (tertiary/aromatic N) is 1. The number of benzene rings is 1. The highest BCUT2D eigenvalue weighted by molar-refractivity contribution is 6.03. The number of carboxylic acid groups (broad SMARTS) is 1. The summed E-state index contributed by atoms with van der Waals surface area (Å²) < 4.78 is 5.57. The molecule has 0 saturated carbocycles. The van der Waals surface area contributed by atoms with Crippen molar-refractivity contribution in [3.05, 3.63) is 29.3 Å². The van der Waals surface area contributed by atoms with Crippen molar-refractivity contribution in [1.29, 1.82) is 0 Å². The van der Waals surface area contributed by atoms with Gasteiger partial charge < -0.3 is 14.7 Å². The lowest BCUT2D eigenvalue weighted by Gasteiger charge is -2.19. The highest BCUT2D eigenvalue weighted by Crippen LogP contribution is 2.30. The van der Waals surface area contributed by atoms with E-state index in [0.29, 0.717) is 13.0 Å². The van der Waals surface area contributed by atoms with Gasteiger partial charge in [-0.1, -0.05) is 6.07 Å². The van der Waals surface area contributed by atoms with E-state index in [9.17, 15) is 9.59 Å². The molecule has 1 saturated heterocycles. The Balaban J connectivity index is 1.77. The summed E-state index contributed by atoms with van der Waals surface area (Å²) in [5.41, 5.74) is 1.88. The van der Waals surface area contributed by atoms with Gasteiger partial charge in [-0.3, -0.25) is 4.79 Å². The van der Waals surface area contributed by atoms with Gasteiger partial charge >= 0.3 is 5.97 Å². The Morgan fingerprint density at radius 3 is 3.00 bits per heavy atom. The first-order valence-corrected chi connectivity index (χ1v) is 6.93. The second-order valence-electron chi connectivity index (χ2n) is 5.29. The summed E-state index contributed by atoms with van der Waals surface area (Å²) in [7, 11) is 0. The molecular weight excluding hydrogens is 258 g/mol. The third-order valence-corrected chi connectivity index (χ3v) is 3.96. The fourth-order valence-electron chi connectivity index (χ4n) is 2.88. The van der Waals surface area contributed by atoms with Gasteiger partial charge in [-0.25, -0.2) is 4.79 Å². The molecule has 2 heterocycles. The number of hydrogen-bond acceptors (Lipinski definition) is 3. The first kappa shape index (κ1) is 13.1. The lowest BCUT2D eigenvalue weighted by Crippen LogP contribution is -2.30. The van der Waals surface area contributed by atoms with Crippen molar-refractivity contribution in [2.45, 2.75) is 31.8 Å². The molecule has 1 atom stereocenters. The lowest BCUT2D eigenvalue weighted by atomic mass is 10.1. The van der Waals surface area contributed by atoms with Crippen molar-refractivity contribution < 1.29 is 19.4 Å². The van der Waals surface area contributed by atoms with E-state index in [4.69, 9.17) is 9.84 Å². The van der Waals surface area contributed by atoms with E-state index >= 15 is 0 Å². The smallest absolute Gasteiger partial charge is 0.335 e. The molecule has 0 aromatic heterocycles. The molecule has 1 amide bonds. The summed E-state index contributed by atoms with van der Waals surface area (Å²) in [5.74, 6) is -0.924. The fraction of sp³-hybridized carbons (Fsp3) is 0.467. The molecular formula is C15H17NO4. The molecule has 2 aliphatic rings. The van der Waals surface area contributed by atoms with Crippen LogP contribution in [0.15, 0.2) is 18.2 Å². The van der Waals surface area contributed by atoms with Crippen LogP contribution in [-0.4, -0.2) is 36.2 Å². The minimum absolute atomic E-state index is 0.0422. The van der Waals surface area contributed by atoms with E-state index in [-0.39, 0.29) is 17.6 Å². The van der Waals surface area contributed by atoms with Gasteiger partial charge in [0, 0.05) is 18.8 Å². The summed E-state index contributed by atoms with van der Waals surface area (Å²) in [6, 6.07) is 4.89. The normalized spacial score (nSPS) is 21.3. The molecule has 1 unspecified atom stereocenters. The number of carbonyl (C=O) groups excluding carboxylic acids is 1. The minimum Gasteiger partial charge on any atom is -0.478 e. The molecule has 5 nitrogen and oxygen atoms in total. The Morgan fingerprint density at radius 2 is 2.30 bits per heavy atom. The van der Waals surface area contributed by atoms with Crippen LogP contribution in [0.5, 0.6) is 0 Å². The van der Waals surface area contributed by atoms with Crippen molar-refractivity contribution in [2.24, 2.45) is 0 Å². The molecule has 1 N–H and O–H groups in total. The number of carbonyl (C=O) groups is 2. The number of aromatic carboxylic acids is 1. The maximum Gasteiger partial charge on any atom is 0.335 e. The van der Waals surface area contributed by atoms with Crippen LogP contribution in [0.2, 0.25) is 0 Å². The average Bonchev–Trinajstić information content (AvgIpc) is 3.02. The lowest BCUT2D eigenvalue weighted by molar-refractivity contribution is -0.117. The number of rotatable bonds is 4. The van der Waals surface area contributed by atoms with Crippen LogP contribution in [0.4, 0.5) is 5.69 Å². The van der Waals surface area contributed by atoms with Gasteiger partial charge in [0.2, 0.25) is 5.91 Å². The highest BCUT2D eigenvalue weighted by Gasteiger charge is 2.29. The van der Waals surface area contributed by atoms with Gasteiger partial charge in [0.15, 0.2) is 0 Å². The summed E-state index contributed by atoms with van der Waals surface area (Å²) in [4.78, 5) is 24.8. The fourth-order valence-corrected chi connectivity index (χ4v) is 2.88. The van der Waals surface area contributed by atoms with Crippen LogP contribution < -0.4 is 4.90 Å². The first-order chi connectivity index (χ1) is 9.65. The molecule has 0 radical (unpaired) electrons. The Bertz CT molecular complexity index is 549. The maximum atomic E-state index is 12.1. The molecule has 1 aromatic rings. The molecule has 2 aliphatic heterocycles. The molecule has 20 heavy (non-hydrogen) atoms. The van der Waals surface area contributed by atoms with Gasteiger partial charge in [0.25, 0.3) is 0 Å². The SMILES string of the molecule is O=C(O)c1ccc2c(c1)N(CCC1CCCO1)C(=O)C2. The Hall–Kier alpha value is -1.88. The maximum absolute atomic E-state index is 12.1. The van der Waals surface area contributed by atoms with E-state index in [1.807, 2.05) is 0 Å². The van der Waals surface area contributed by atoms with E-state index in [2.05, 4.69) is 0 Å². The summed E-state index contributed by atoms with van der Waals surface area (Å²) in [6.07, 6.45) is 3.53. The quantitative estimate of drug-likeness (QED) is 0.910.